The summed E-state index contributed by atoms with van der Waals surface area (Å²) in [6, 6.07) is 2.16. The Hall–Kier alpha value is -2.12. The molecule has 1 heterocycles. The highest BCUT2D eigenvalue weighted by molar-refractivity contribution is 5.54. The predicted octanol–water partition coefficient (Wildman–Crippen LogP) is 3.37. The maximum atomic E-state index is 12.3. The lowest BCUT2D eigenvalue weighted by Gasteiger charge is -2.30. The number of rotatable bonds is 6. The molecule has 0 unspecified atom stereocenters. The molecule has 29 heavy (non-hydrogen) atoms. The van der Waals surface area contributed by atoms with Crippen molar-refractivity contribution >= 4 is 11.8 Å². The van der Waals surface area contributed by atoms with Gasteiger partial charge in [-0.3, -0.25) is 0 Å². The van der Waals surface area contributed by atoms with E-state index >= 15 is 0 Å². The minimum Gasteiger partial charge on any atom is -0.393 e. The van der Waals surface area contributed by atoms with E-state index in [9.17, 15) is 23.5 Å². The Kier molecular flexibility index (Phi) is 7.14. The number of halogens is 3. The van der Waals surface area contributed by atoms with E-state index in [0.29, 0.717) is 49.4 Å². The summed E-state index contributed by atoms with van der Waals surface area (Å²) in [6.07, 6.45) is 2.02. The SMILES string of the molecule is N#Cc1cnc(N[C@H]2CC[C@H](OCC(F)(F)F)CC2)nc1N[C@@H]1CCC[C@H](O)C1. The lowest BCUT2D eigenvalue weighted by atomic mass is 9.93. The standard InChI is InChI=1S/C19H26F3N5O2/c20-19(21,22)11-29-16-6-4-13(5-7-16)26-18-24-10-12(9-23)17(27-18)25-14-2-1-3-15(28)8-14/h10,13-16,28H,1-8,11H2,(H2,24,25,26,27)/t13-,14-,15+,16-/m1/s1. The molecule has 2 saturated carbocycles. The van der Waals surface area contributed by atoms with Gasteiger partial charge < -0.3 is 20.5 Å². The van der Waals surface area contributed by atoms with E-state index in [2.05, 4.69) is 26.7 Å². The lowest BCUT2D eigenvalue weighted by molar-refractivity contribution is -0.187. The minimum atomic E-state index is -4.30. The molecule has 2 atom stereocenters. The summed E-state index contributed by atoms with van der Waals surface area (Å²) in [5.74, 6) is 0.814. The Morgan fingerprint density at radius 2 is 1.90 bits per heavy atom. The Bertz CT molecular complexity index is 717. The number of hydrogen-bond acceptors (Lipinski definition) is 7. The largest absolute Gasteiger partial charge is 0.411 e. The van der Waals surface area contributed by atoms with E-state index in [4.69, 9.17) is 4.74 Å². The summed E-state index contributed by atoms with van der Waals surface area (Å²) in [5, 5.41) is 25.6. The van der Waals surface area contributed by atoms with Crippen molar-refractivity contribution in [1.82, 2.24) is 9.97 Å². The van der Waals surface area contributed by atoms with Crippen LogP contribution in [-0.2, 0) is 4.74 Å². The number of ether oxygens (including phenoxy) is 1. The number of alkyl halides is 3. The second-order valence-electron chi connectivity index (χ2n) is 7.77. The summed E-state index contributed by atoms with van der Waals surface area (Å²) < 4.78 is 41.7. The van der Waals surface area contributed by atoms with Crippen molar-refractivity contribution in [2.24, 2.45) is 0 Å². The molecular weight excluding hydrogens is 387 g/mol. The summed E-state index contributed by atoms with van der Waals surface area (Å²) in [6.45, 7) is -1.21. The topological polar surface area (TPSA) is 103 Å². The molecule has 0 radical (unpaired) electrons. The van der Waals surface area contributed by atoms with Crippen molar-refractivity contribution in [3.05, 3.63) is 11.8 Å². The van der Waals surface area contributed by atoms with E-state index < -0.39 is 12.8 Å². The number of nitrogens with one attached hydrogen (secondary N) is 2. The minimum absolute atomic E-state index is 0.0398. The van der Waals surface area contributed by atoms with Crippen molar-refractivity contribution in [2.75, 3.05) is 17.2 Å². The molecule has 1 aromatic heterocycles. The van der Waals surface area contributed by atoms with Crippen molar-refractivity contribution in [3.63, 3.8) is 0 Å². The monoisotopic (exact) mass is 413 g/mol. The summed E-state index contributed by atoms with van der Waals surface area (Å²) in [4.78, 5) is 8.61. The Morgan fingerprint density at radius 1 is 1.14 bits per heavy atom. The van der Waals surface area contributed by atoms with Gasteiger partial charge in [-0.05, 0) is 51.4 Å². The summed E-state index contributed by atoms with van der Waals surface area (Å²) in [5.41, 5.74) is 0.333. The zero-order valence-electron chi connectivity index (χ0n) is 16.1. The quantitative estimate of drug-likeness (QED) is 0.657. The highest BCUT2D eigenvalue weighted by Crippen LogP contribution is 2.27. The van der Waals surface area contributed by atoms with E-state index in [0.717, 1.165) is 19.3 Å². The van der Waals surface area contributed by atoms with Gasteiger partial charge in [0.1, 0.15) is 24.1 Å². The van der Waals surface area contributed by atoms with Crippen LogP contribution >= 0.6 is 0 Å². The number of anilines is 2. The molecule has 0 aliphatic heterocycles. The van der Waals surface area contributed by atoms with Crippen LogP contribution in [0.5, 0.6) is 0 Å². The van der Waals surface area contributed by atoms with Crippen LogP contribution < -0.4 is 10.6 Å². The highest BCUT2D eigenvalue weighted by Gasteiger charge is 2.31. The van der Waals surface area contributed by atoms with Gasteiger partial charge in [-0.2, -0.15) is 23.4 Å². The van der Waals surface area contributed by atoms with Crippen molar-refractivity contribution in [2.45, 2.75) is 81.8 Å². The van der Waals surface area contributed by atoms with Crippen LogP contribution in [-0.4, -0.2) is 52.1 Å². The Labute approximate surface area is 167 Å². The second kappa shape index (κ2) is 9.59. The fraction of sp³-hybridized carbons (Fsp3) is 0.737. The third-order valence-corrected chi connectivity index (χ3v) is 5.39. The molecule has 160 valence electrons. The smallest absolute Gasteiger partial charge is 0.393 e. The van der Waals surface area contributed by atoms with Crippen LogP contribution in [0.1, 0.15) is 56.9 Å². The average Bonchev–Trinajstić information content (AvgIpc) is 2.67. The lowest BCUT2D eigenvalue weighted by Crippen LogP contribution is -2.33. The fourth-order valence-corrected chi connectivity index (χ4v) is 3.90. The van der Waals surface area contributed by atoms with E-state index in [1.54, 1.807) is 0 Å². The molecule has 10 heteroatoms. The van der Waals surface area contributed by atoms with Crippen LogP contribution in [0.2, 0.25) is 0 Å². The first-order valence-electron chi connectivity index (χ1n) is 9.99. The van der Waals surface area contributed by atoms with Crippen LogP contribution in [0.4, 0.5) is 24.9 Å². The third-order valence-electron chi connectivity index (χ3n) is 5.39. The number of aliphatic hydroxyl groups is 1. The van der Waals surface area contributed by atoms with Gasteiger partial charge in [-0.25, -0.2) is 4.98 Å². The van der Waals surface area contributed by atoms with Gasteiger partial charge in [0.05, 0.1) is 18.4 Å². The zero-order valence-corrected chi connectivity index (χ0v) is 16.1. The molecule has 3 N–H and O–H groups in total. The summed E-state index contributed by atoms with van der Waals surface area (Å²) >= 11 is 0. The van der Waals surface area contributed by atoms with Crippen molar-refractivity contribution < 1.29 is 23.0 Å². The molecule has 0 spiro atoms. The maximum absolute atomic E-state index is 12.3. The predicted molar refractivity (Wildman–Crippen MR) is 100 cm³/mol. The van der Waals surface area contributed by atoms with Crippen LogP contribution in [0.15, 0.2) is 6.20 Å². The van der Waals surface area contributed by atoms with E-state index in [1.807, 2.05) is 0 Å². The Balaban J connectivity index is 1.54. The van der Waals surface area contributed by atoms with E-state index in [-0.39, 0.29) is 24.3 Å². The van der Waals surface area contributed by atoms with Gasteiger partial charge in [0.15, 0.2) is 0 Å². The first-order chi connectivity index (χ1) is 13.8. The van der Waals surface area contributed by atoms with Crippen LogP contribution in [0, 0.1) is 11.3 Å². The molecule has 0 aromatic carbocycles. The van der Waals surface area contributed by atoms with Crippen molar-refractivity contribution in [1.29, 1.82) is 5.26 Å². The van der Waals surface area contributed by atoms with E-state index in [1.165, 1.54) is 6.20 Å². The van der Waals surface area contributed by atoms with Gasteiger partial charge in [0.25, 0.3) is 0 Å². The first-order valence-corrected chi connectivity index (χ1v) is 9.99. The first kappa shape index (κ1) is 21.6. The third kappa shape index (κ3) is 6.72. The molecule has 0 bridgehead atoms. The number of aromatic nitrogens is 2. The van der Waals surface area contributed by atoms with Gasteiger partial charge in [-0.1, -0.05) is 0 Å². The normalized spacial score (nSPS) is 27.8. The zero-order chi connectivity index (χ0) is 20.9. The highest BCUT2D eigenvalue weighted by atomic mass is 19.4. The average molecular weight is 413 g/mol. The van der Waals surface area contributed by atoms with Crippen LogP contribution in [0.25, 0.3) is 0 Å². The van der Waals surface area contributed by atoms with Crippen LogP contribution in [0.3, 0.4) is 0 Å². The molecule has 0 amide bonds. The molecule has 2 aliphatic rings. The number of nitrogens with zero attached hydrogens (tertiary/aromatic N) is 3. The Morgan fingerprint density at radius 3 is 2.55 bits per heavy atom. The maximum Gasteiger partial charge on any atom is 0.411 e. The van der Waals surface area contributed by atoms with Crippen molar-refractivity contribution in [3.8, 4) is 6.07 Å². The summed E-state index contributed by atoms with van der Waals surface area (Å²) in [7, 11) is 0. The van der Waals surface area contributed by atoms with Gasteiger partial charge in [-0.15, -0.1) is 0 Å². The number of aliphatic hydroxyl groups excluding tert-OH is 1. The molecule has 0 saturated heterocycles. The van der Waals surface area contributed by atoms with Gasteiger partial charge in [0, 0.05) is 12.1 Å². The molecule has 3 rings (SSSR count). The molecule has 7 nitrogen and oxygen atoms in total. The molecule has 2 fully saturated rings. The fourth-order valence-electron chi connectivity index (χ4n) is 3.90. The van der Waals surface area contributed by atoms with Gasteiger partial charge in [0.2, 0.25) is 5.95 Å². The number of nitriles is 1. The molecular formula is C19H26F3N5O2. The number of hydrogen-bond donors (Lipinski definition) is 3. The molecule has 1 aromatic rings. The van der Waals surface area contributed by atoms with Gasteiger partial charge >= 0.3 is 6.18 Å². The second-order valence-corrected chi connectivity index (χ2v) is 7.77. The molecule has 2 aliphatic carbocycles.